The van der Waals surface area contributed by atoms with Crippen molar-refractivity contribution in [3.05, 3.63) is 32.7 Å². The van der Waals surface area contributed by atoms with Crippen LogP contribution in [0.1, 0.15) is 11.3 Å². The van der Waals surface area contributed by atoms with E-state index in [-0.39, 0.29) is 12.1 Å². The Morgan fingerprint density at radius 2 is 2.36 bits per heavy atom. The zero-order chi connectivity index (χ0) is 8.43. The summed E-state index contributed by atoms with van der Waals surface area (Å²) in [7, 11) is 0. The third-order valence-corrected chi connectivity index (χ3v) is 1.86. The summed E-state index contributed by atoms with van der Waals surface area (Å²) in [5.41, 5.74) is 6.32. The Balaban J connectivity index is 3.32. The lowest BCUT2D eigenvalue weighted by atomic mass is 10.2. The van der Waals surface area contributed by atoms with E-state index in [1.807, 2.05) is 0 Å². The van der Waals surface area contributed by atoms with Crippen molar-refractivity contribution < 1.29 is 0 Å². The van der Waals surface area contributed by atoms with Crippen LogP contribution >= 0.6 is 11.6 Å². The molecule has 0 aliphatic carbocycles. The molecule has 1 aromatic rings. The number of aromatic amines is 1. The van der Waals surface area contributed by atoms with Gasteiger partial charge in [-0.2, -0.15) is 0 Å². The Bertz CT molecular complexity index is 319. The molecule has 60 valence electrons. The molecule has 0 fully saturated rings. The highest BCUT2D eigenvalue weighted by Crippen LogP contribution is 2.10. The van der Waals surface area contributed by atoms with Gasteiger partial charge >= 0.3 is 0 Å². The van der Waals surface area contributed by atoms with E-state index >= 15 is 0 Å². The second-order valence-electron chi connectivity index (χ2n) is 2.30. The summed E-state index contributed by atoms with van der Waals surface area (Å²) in [6.45, 7) is 1.96. The molecule has 0 aliphatic heterocycles. The van der Waals surface area contributed by atoms with Gasteiger partial charge in [-0.3, -0.25) is 4.79 Å². The summed E-state index contributed by atoms with van der Waals surface area (Å²) < 4.78 is 0. The maximum absolute atomic E-state index is 11.0. The predicted octanol–water partition coefficient (Wildman–Crippen LogP) is 0.795. The maximum Gasteiger partial charge on any atom is 0.252 e. The van der Waals surface area contributed by atoms with Gasteiger partial charge in [0.1, 0.15) is 0 Å². The van der Waals surface area contributed by atoms with Gasteiger partial charge in [-0.1, -0.05) is 11.6 Å². The molecule has 1 heterocycles. The largest absolute Gasteiger partial charge is 0.326 e. The van der Waals surface area contributed by atoms with Crippen LogP contribution < -0.4 is 11.3 Å². The van der Waals surface area contributed by atoms with E-state index in [1.54, 1.807) is 13.0 Å². The number of nitrogens with two attached hydrogens (primary N) is 1. The van der Waals surface area contributed by atoms with Crippen LogP contribution in [0.5, 0.6) is 0 Å². The Kier molecular flexibility index (Phi) is 2.31. The number of hydrogen-bond acceptors (Lipinski definition) is 2. The van der Waals surface area contributed by atoms with Crippen LogP contribution in [0.3, 0.4) is 0 Å². The fourth-order valence-corrected chi connectivity index (χ4v) is 0.968. The molecule has 0 spiro atoms. The van der Waals surface area contributed by atoms with E-state index in [0.29, 0.717) is 16.3 Å². The summed E-state index contributed by atoms with van der Waals surface area (Å²) in [5.74, 6) is 0. The monoisotopic (exact) mass is 172 g/mol. The van der Waals surface area contributed by atoms with Gasteiger partial charge in [-0.25, -0.2) is 0 Å². The SMILES string of the molecule is Cc1[nH]c(=O)c(CN)cc1Cl. The first kappa shape index (κ1) is 8.30. The highest BCUT2D eigenvalue weighted by molar-refractivity contribution is 6.31. The van der Waals surface area contributed by atoms with E-state index in [9.17, 15) is 4.79 Å². The first-order chi connectivity index (χ1) is 5.15. The van der Waals surface area contributed by atoms with Crippen molar-refractivity contribution in [3.63, 3.8) is 0 Å². The minimum Gasteiger partial charge on any atom is -0.326 e. The molecule has 1 rings (SSSR count). The molecular formula is C7H9ClN2O. The van der Waals surface area contributed by atoms with Gasteiger partial charge in [0.2, 0.25) is 0 Å². The fraction of sp³-hybridized carbons (Fsp3) is 0.286. The van der Waals surface area contributed by atoms with Crippen LogP contribution in [0, 0.1) is 6.92 Å². The van der Waals surface area contributed by atoms with E-state index < -0.39 is 0 Å². The van der Waals surface area contributed by atoms with Crippen molar-refractivity contribution in [2.75, 3.05) is 0 Å². The van der Waals surface area contributed by atoms with Crippen molar-refractivity contribution in [2.45, 2.75) is 13.5 Å². The van der Waals surface area contributed by atoms with Crippen LogP contribution in [0.2, 0.25) is 5.02 Å². The first-order valence-corrected chi connectivity index (χ1v) is 3.61. The maximum atomic E-state index is 11.0. The molecular weight excluding hydrogens is 164 g/mol. The number of pyridine rings is 1. The van der Waals surface area contributed by atoms with Crippen LogP contribution in [0.25, 0.3) is 0 Å². The molecule has 3 N–H and O–H groups in total. The summed E-state index contributed by atoms with van der Waals surface area (Å²) in [4.78, 5) is 13.6. The lowest BCUT2D eigenvalue weighted by Gasteiger charge is -1.99. The predicted molar refractivity (Wildman–Crippen MR) is 44.7 cm³/mol. The minimum absolute atomic E-state index is 0.158. The molecule has 0 atom stereocenters. The average molecular weight is 173 g/mol. The van der Waals surface area contributed by atoms with Gasteiger partial charge in [-0.05, 0) is 13.0 Å². The van der Waals surface area contributed by atoms with Gasteiger partial charge in [0.25, 0.3) is 5.56 Å². The van der Waals surface area contributed by atoms with E-state index in [1.165, 1.54) is 0 Å². The van der Waals surface area contributed by atoms with Crippen molar-refractivity contribution in [2.24, 2.45) is 5.73 Å². The molecule has 11 heavy (non-hydrogen) atoms. The number of nitrogens with one attached hydrogen (secondary N) is 1. The van der Waals surface area contributed by atoms with E-state index in [4.69, 9.17) is 17.3 Å². The third kappa shape index (κ3) is 1.61. The number of H-pyrrole nitrogens is 1. The molecule has 1 aromatic heterocycles. The lowest BCUT2D eigenvalue weighted by Crippen LogP contribution is -2.16. The average Bonchev–Trinajstić information content (AvgIpc) is 1.97. The van der Waals surface area contributed by atoms with Crippen LogP contribution in [-0.4, -0.2) is 4.98 Å². The molecule has 0 radical (unpaired) electrons. The van der Waals surface area contributed by atoms with E-state index in [0.717, 1.165) is 0 Å². The van der Waals surface area contributed by atoms with Crippen molar-refractivity contribution in [1.29, 1.82) is 0 Å². The van der Waals surface area contributed by atoms with Crippen LogP contribution in [-0.2, 0) is 6.54 Å². The zero-order valence-corrected chi connectivity index (χ0v) is 6.90. The Hall–Kier alpha value is -0.800. The summed E-state index contributed by atoms with van der Waals surface area (Å²) in [5, 5.41) is 0.546. The van der Waals surface area contributed by atoms with Crippen LogP contribution in [0.4, 0.5) is 0 Å². The van der Waals surface area contributed by atoms with Crippen molar-refractivity contribution in [3.8, 4) is 0 Å². The normalized spacial score (nSPS) is 10.1. The van der Waals surface area contributed by atoms with Gasteiger partial charge in [-0.15, -0.1) is 0 Å². The molecule has 0 aromatic carbocycles. The highest BCUT2D eigenvalue weighted by atomic mass is 35.5. The number of hydrogen-bond donors (Lipinski definition) is 2. The first-order valence-electron chi connectivity index (χ1n) is 3.23. The quantitative estimate of drug-likeness (QED) is 0.658. The summed E-state index contributed by atoms with van der Waals surface area (Å²) in [6.07, 6.45) is 0. The second-order valence-corrected chi connectivity index (χ2v) is 2.71. The molecule has 4 heteroatoms. The minimum atomic E-state index is -0.158. The van der Waals surface area contributed by atoms with Gasteiger partial charge in [0.15, 0.2) is 0 Å². The third-order valence-electron chi connectivity index (χ3n) is 1.47. The Morgan fingerprint density at radius 3 is 2.91 bits per heavy atom. The summed E-state index contributed by atoms with van der Waals surface area (Å²) >= 11 is 5.74. The number of halogens is 1. The Labute approximate surface area is 69.2 Å². The van der Waals surface area contributed by atoms with Gasteiger partial charge in [0.05, 0.1) is 5.02 Å². The van der Waals surface area contributed by atoms with Crippen LogP contribution in [0.15, 0.2) is 10.9 Å². The molecule has 0 amide bonds. The molecule has 3 nitrogen and oxygen atoms in total. The topological polar surface area (TPSA) is 58.9 Å². The summed E-state index contributed by atoms with van der Waals surface area (Å²) in [6, 6.07) is 1.59. The molecule has 0 saturated heterocycles. The lowest BCUT2D eigenvalue weighted by molar-refractivity contribution is 0.998. The molecule has 0 bridgehead atoms. The standard InChI is InChI=1S/C7H9ClN2O/c1-4-6(8)2-5(3-9)7(11)10-4/h2H,3,9H2,1H3,(H,10,11). The second kappa shape index (κ2) is 3.07. The Morgan fingerprint density at radius 1 is 1.73 bits per heavy atom. The fourth-order valence-electron chi connectivity index (χ4n) is 0.789. The van der Waals surface area contributed by atoms with E-state index in [2.05, 4.69) is 4.98 Å². The number of aryl methyl sites for hydroxylation is 1. The van der Waals surface area contributed by atoms with Crippen molar-refractivity contribution >= 4 is 11.6 Å². The van der Waals surface area contributed by atoms with Crippen molar-refractivity contribution in [1.82, 2.24) is 4.98 Å². The van der Waals surface area contributed by atoms with Gasteiger partial charge < -0.3 is 10.7 Å². The highest BCUT2D eigenvalue weighted by Gasteiger charge is 2.00. The van der Waals surface area contributed by atoms with Gasteiger partial charge in [0, 0.05) is 17.8 Å². The molecule has 0 unspecified atom stereocenters. The zero-order valence-electron chi connectivity index (χ0n) is 6.15. The molecule has 0 saturated carbocycles. The number of aromatic nitrogens is 1. The number of rotatable bonds is 1. The molecule has 0 aliphatic rings. The smallest absolute Gasteiger partial charge is 0.252 e.